The molecule has 1 amide bonds. The van der Waals surface area contributed by atoms with Gasteiger partial charge < -0.3 is 5.32 Å². The van der Waals surface area contributed by atoms with Crippen LogP contribution in [0, 0.1) is 5.92 Å². The summed E-state index contributed by atoms with van der Waals surface area (Å²) in [5, 5.41) is 2.84. The first kappa shape index (κ1) is 17.3. The van der Waals surface area contributed by atoms with E-state index in [0.717, 1.165) is 16.8 Å². The van der Waals surface area contributed by atoms with Crippen LogP contribution in [0.15, 0.2) is 0 Å². The number of halogens is 1. The Morgan fingerprint density at radius 1 is 0.842 bits per heavy atom. The Morgan fingerprint density at radius 3 is 1.68 bits per heavy atom. The Balaban J connectivity index is 2.35. The van der Waals surface area contributed by atoms with Gasteiger partial charge in [0.15, 0.2) is 0 Å². The number of rotatable bonds is 1. The maximum absolute atomic E-state index is 11.8. The summed E-state index contributed by atoms with van der Waals surface area (Å²) in [4.78, 5) is 11.8. The lowest BCUT2D eigenvalue weighted by Gasteiger charge is -2.16. The maximum atomic E-state index is 11.8. The van der Waals surface area contributed by atoms with Crippen LogP contribution in [0.2, 0.25) is 0 Å². The number of hydrogen-bond donors (Lipinski definition) is 1. The van der Waals surface area contributed by atoms with E-state index in [1.807, 2.05) is 0 Å². The molecule has 0 aromatic rings. The molecule has 1 N–H and O–H groups in total. The second kappa shape index (κ2) is 10.9. The molecule has 1 fully saturated rings. The third-order valence-electron chi connectivity index (χ3n) is 4.26. The zero-order chi connectivity index (χ0) is 13.9. The van der Waals surface area contributed by atoms with E-state index in [1.54, 1.807) is 7.05 Å². The third-order valence-corrected chi connectivity index (χ3v) is 5.50. The van der Waals surface area contributed by atoms with Crippen molar-refractivity contribution in [1.29, 1.82) is 0 Å². The van der Waals surface area contributed by atoms with E-state index in [0.29, 0.717) is 0 Å². The summed E-state index contributed by atoms with van der Waals surface area (Å²) in [5.74, 6) is 0.532. The highest BCUT2D eigenvalue weighted by atomic mass is 127. The molecular formula is C16H30INO. The molecule has 1 aliphatic rings. The number of amides is 1. The summed E-state index contributed by atoms with van der Waals surface area (Å²) in [7, 11) is 1.77. The van der Waals surface area contributed by atoms with Gasteiger partial charge in [0.05, 0.1) is 0 Å². The Labute approximate surface area is 132 Å². The number of carbonyl (C=O) groups is 1. The van der Waals surface area contributed by atoms with Gasteiger partial charge >= 0.3 is 0 Å². The smallest absolute Gasteiger partial charge is 0.222 e. The van der Waals surface area contributed by atoms with Gasteiger partial charge in [0.2, 0.25) is 5.91 Å². The third kappa shape index (κ3) is 8.16. The molecule has 0 aliphatic heterocycles. The lowest BCUT2D eigenvalue weighted by Crippen LogP contribution is -2.27. The van der Waals surface area contributed by atoms with Crippen LogP contribution in [-0.2, 0) is 4.79 Å². The summed E-state index contributed by atoms with van der Waals surface area (Å²) >= 11 is 2.63. The van der Waals surface area contributed by atoms with Crippen molar-refractivity contribution < 1.29 is 4.79 Å². The minimum Gasteiger partial charge on any atom is -0.359 e. The molecule has 0 spiro atoms. The molecule has 0 heterocycles. The molecule has 2 nitrogen and oxygen atoms in total. The first-order chi connectivity index (χ1) is 9.24. The van der Waals surface area contributed by atoms with Crippen molar-refractivity contribution in [3.63, 3.8) is 0 Å². The van der Waals surface area contributed by atoms with Crippen LogP contribution in [-0.4, -0.2) is 16.9 Å². The molecule has 0 saturated heterocycles. The van der Waals surface area contributed by atoms with E-state index in [1.165, 1.54) is 64.2 Å². The van der Waals surface area contributed by atoms with E-state index in [-0.39, 0.29) is 11.8 Å². The van der Waals surface area contributed by atoms with Gasteiger partial charge in [0.25, 0.3) is 0 Å². The Kier molecular flexibility index (Phi) is 9.92. The van der Waals surface area contributed by atoms with Crippen molar-refractivity contribution in [2.24, 2.45) is 5.92 Å². The molecule has 1 aliphatic carbocycles. The minimum atomic E-state index is 0.263. The molecule has 1 rings (SSSR count). The Bertz CT molecular complexity index is 229. The number of nitrogens with one attached hydrogen (secondary N) is 1. The van der Waals surface area contributed by atoms with E-state index in [4.69, 9.17) is 0 Å². The Hall–Kier alpha value is 0.200. The highest BCUT2D eigenvalue weighted by molar-refractivity contribution is 14.1. The number of carbonyl (C=O) groups excluding carboxylic acids is 1. The molecule has 0 radical (unpaired) electrons. The van der Waals surface area contributed by atoms with Gasteiger partial charge in [-0.05, 0) is 25.7 Å². The second-order valence-electron chi connectivity index (χ2n) is 5.89. The normalized spacial score (nSPS) is 28.3. The van der Waals surface area contributed by atoms with Gasteiger partial charge in [0, 0.05) is 16.9 Å². The zero-order valence-electron chi connectivity index (χ0n) is 12.4. The fourth-order valence-electron chi connectivity index (χ4n) is 2.98. The molecular weight excluding hydrogens is 349 g/mol. The van der Waals surface area contributed by atoms with Gasteiger partial charge in [0.1, 0.15) is 0 Å². The SMILES string of the molecule is CNC(=O)C1CCCCCCC(I)CCCCCC1. The van der Waals surface area contributed by atoms with E-state index >= 15 is 0 Å². The highest BCUT2D eigenvalue weighted by Gasteiger charge is 2.16. The van der Waals surface area contributed by atoms with Gasteiger partial charge in [-0.2, -0.15) is 0 Å². The van der Waals surface area contributed by atoms with Crippen molar-refractivity contribution in [2.75, 3.05) is 7.05 Å². The van der Waals surface area contributed by atoms with Gasteiger partial charge in [-0.1, -0.05) is 74.0 Å². The van der Waals surface area contributed by atoms with Crippen LogP contribution in [0.25, 0.3) is 0 Å². The molecule has 0 unspecified atom stereocenters. The van der Waals surface area contributed by atoms with Crippen LogP contribution in [0.5, 0.6) is 0 Å². The minimum absolute atomic E-state index is 0.263. The van der Waals surface area contributed by atoms with Crippen LogP contribution >= 0.6 is 22.6 Å². The molecule has 0 atom stereocenters. The van der Waals surface area contributed by atoms with Crippen LogP contribution in [0.1, 0.15) is 77.0 Å². The van der Waals surface area contributed by atoms with Crippen LogP contribution < -0.4 is 5.32 Å². The standard InChI is InChI=1S/C16H30INO/c1-18-16(19)14-10-6-2-4-8-12-15(17)13-9-5-3-7-11-14/h14-15H,2-13H2,1H3,(H,18,19). The summed E-state index contributed by atoms with van der Waals surface area (Å²) in [6.45, 7) is 0. The molecule has 3 heteroatoms. The summed E-state index contributed by atoms with van der Waals surface area (Å²) in [6, 6.07) is 0. The van der Waals surface area contributed by atoms with Crippen molar-refractivity contribution in [2.45, 2.75) is 81.0 Å². The van der Waals surface area contributed by atoms with Crippen LogP contribution in [0.4, 0.5) is 0 Å². The highest BCUT2D eigenvalue weighted by Crippen LogP contribution is 2.23. The van der Waals surface area contributed by atoms with Crippen molar-refractivity contribution in [3.8, 4) is 0 Å². The lowest BCUT2D eigenvalue weighted by atomic mass is 9.92. The molecule has 0 aromatic carbocycles. The molecule has 1 saturated carbocycles. The van der Waals surface area contributed by atoms with E-state index in [2.05, 4.69) is 27.9 Å². The lowest BCUT2D eigenvalue weighted by molar-refractivity contribution is -0.125. The molecule has 0 aromatic heterocycles. The first-order valence-corrected chi connectivity index (χ1v) is 9.34. The first-order valence-electron chi connectivity index (χ1n) is 8.09. The summed E-state index contributed by atoms with van der Waals surface area (Å²) in [6.07, 6.45) is 15.5. The van der Waals surface area contributed by atoms with Gasteiger partial charge in [-0.3, -0.25) is 4.79 Å². The molecule has 0 bridgehead atoms. The average Bonchev–Trinajstić information content (AvgIpc) is 2.42. The Morgan fingerprint density at radius 2 is 1.26 bits per heavy atom. The predicted octanol–water partition coefficient (Wildman–Crippen LogP) is 4.85. The zero-order valence-corrected chi connectivity index (χ0v) is 14.6. The number of alkyl halides is 1. The summed E-state index contributed by atoms with van der Waals surface area (Å²) in [5.41, 5.74) is 0. The maximum Gasteiger partial charge on any atom is 0.222 e. The average molecular weight is 379 g/mol. The quantitative estimate of drug-likeness (QED) is 0.512. The fourth-order valence-corrected chi connectivity index (χ4v) is 3.86. The molecule has 19 heavy (non-hydrogen) atoms. The molecule has 112 valence electrons. The predicted molar refractivity (Wildman–Crippen MR) is 90.8 cm³/mol. The van der Waals surface area contributed by atoms with E-state index in [9.17, 15) is 4.79 Å². The van der Waals surface area contributed by atoms with E-state index < -0.39 is 0 Å². The van der Waals surface area contributed by atoms with Crippen molar-refractivity contribution >= 4 is 28.5 Å². The van der Waals surface area contributed by atoms with Gasteiger partial charge in [-0.25, -0.2) is 0 Å². The topological polar surface area (TPSA) is 29.1 Å². The van der Waals surface area contributed by atoms with Gasteiger partial charge in [-0.15, -0.1) is 0 Å². The van der Waals surface area contributed by atoms with Crippen molar-refractivity contribution in [1.82, 2.24) is 5.32 Å². The van der Waals surface area contributed by atoms with Crippen molar-refractivity contribution in [3.05, 3.63) is 0 Å². The second-order valence-corrected chi connectivity index (χ2v) is 7.65. The number of hydrogen-bond acceptors (Lipinski definition) is 1. The monoisotopic (exact) mass is 379 g/mol. The largest absolute Gasteiger partial charge is 0.359 e. The van der Waals surface area contributed by atoms with Crippen LogP contribution in [0.3, 0.4) is 0 Å². The fraction of sp³-hybridized carbons (Fsp3) is 0.938. The summed E-state index contributed by atoms with van der Waals surface area (Å²) < 4.78 is 0.888.